The first-order chi connectivity index (χ1) is 11.4. The summed E-state index contributed by atoms with van der Waals surface area (Å²) in [6, 6.07) is 8.59. The number of nitrogens with one attached hydrogen (secondary N) is 2. The van der Waals surface area contributed by atoms with Crippen LogP contribution in [-0.2, 0) is 26.2 Å². The lowest BCUT2D eigenvalue weighted by atomic mass is 10.2. The molecule has 0 radical (unpaired) electrons. The topological polar surface area (TPSA) is 92.3 Å². The van der Waals surface area contributed by atoms with E-state index in [4.69, 9.17) is 0 Å². The van der Waals surface area contributed by atoms with Gasteiger partial charge in [-0.15, -0.1) is 0 Å². The van der Waals surface area contributed by atoms with Crippen LogP contribution in [0.1, 0.15) is 5.56 Å². The minimum atomic E-state index is -4.61. The molecule has 6 nitrogen and oxygen atoms in total. The number of hydrogen-bond acceptors (Lipinski definition) is 4. The van der Waals surface area contributed by atoms with Gasteiger partial charge in [-0.2, -0.15) is 13.2 Å². The lowest BCUT2D eigenvalue weighted by Crippen LogP contribution is -2.15. The molecule has 2 aromatic rings. The summed E-state index contributed by atoms with van der Waals surface area (Å²) >= 11 is 0. The number of rotatable bonds is 5. The molecule has 0 saturated heterocycles. The van der Waals surface area contributed by atoms with Crippen LogP contribution in [-0.4, -0.2) is 23.1 Å². The van der Waals surface area contributed by atoms with Crippen LogP contribution in [0.3, 0.4) is 0 Å². The Kier molecular flexibility index (Phi) is 5.00. The van der Waals surface area contributed by atoms with Crippen LogP contribution in [0.15, 0.2) is 53.4 Å². The zero-order chi connectivity index (χ0) is 18.9. The van der Waals surface area contributed by atoms with Gasteiger partial charge < -0.3 is 0 Å². The summed E-state index contributed by atoms with van der Waals surface area (Å²) < 4.78 is 89.2. The van der Waals surface area contributed by atoms with Gasteiger partial charge in [0.2, 0.25) is 10.0 Å². The molecule has 136 valence electrons. The number of alkyl halides is 3. The third kappa shape index (κ3) is 5.36. The molecule has 0 unspecified atom stereocenters. The molecule has 0 spiro atoms. The molecule has 11 heteroatoms. The Morgan fingerprint density at radius 2 is 1.40 bits per heavy atom. The van der Waals surface area contributed by atoms with Gasteiger partial charge >= 0.3 is 6.18 Å². The van der Waals surface area contributed by atoms with Crippen LogP contribution < -0.4 is 9.44 Å². The quantitative estimate of drug-likeness (QED) is 0.816. The van der Waals surface area contributed by atoms with Crippen molar-refractivity contribution < 1.29 is 30.0 Å². The molecule has 0 amide bonds. The zero-order valence-electron chi connectivity index (χ0n) is 12.7. The Labute approximate surface area is 142 Å². The van der Waals surface area contributed by atoms with Crippen LogP contribution in [0.2, 0.25) is 0 Å². The summed E-state index contributed by atoms with van der Waals surface area (Å²) in [6.07, 6.45) is -3.71. The molecule has 2 aromatic carbocycles. The number of benzene rings is 2. The molecule has 0 aliphatic heterocycles. The van der Waals surface area contributed by atoms with Crippen LogP contribution in [0.5, 0.6) is 0 Å². The third-order valence-electron chi connectivity index (χ3n) is 2.89. The molecule has 0 heterocycles. The van der Waals surface area contributed by atoms with Crippen molar-refractivity contribution in [3.63, 3.8) is 0 Å². The molecular weight excluding hydrogens is 381 g/mol. The monoisotopic (exact) mass is 394 g/mol. The van der Waals surface area contributed by atoms with E-state index < -0.39 is 31.8 Å². The highest BCUT2D eigenvalue weighted by Crippen LogP contribution is 2.31. The van der Waals surface area contributed by atoms with Gasteiger partial charge in [0.1, 0.15) is 0 Å². The van der Waals surface area contributed by atoms with E-state index in [1.165, 1.54) is 24.3 Å². The SMILES string of the molecule is CS(=O)(=O)Nc1cccc(S(=O)(=O)Nc2cccc(C(F)(F)F)c2)c1. The van der Waals surface area contributed by atoms with Gasteiger partial charge in [-0.25, -0.2) is 16.8 Å². The van der Waals surface area contributed by atoms with Gasteiger partial charge in [0.05, 0.1) is 16.7 Å². The van der Waals surface area contributed by atoms with E-state index in [1.807, 2.05) is 4.72 Å². The maximum absolute atomic E-state index is 12.7. The Hall–Kier alpha value is -2.27. The first-order valence-electron chi connectivity index (χ1n) is 6.65. The van der Waals surface area contributed by atoms with Gasteiger partial charge in [-0.1, -0.05) is 12.1 Å². The predicted molar refractivity (Wildman–Crippen MR) is 87.2 cm³/mol. The number of sulfonamides is 2. The normalized spacial score (nSPS) is 12.6. The fourth-order valence-electron chi connectivity index (χ4n) is 1.91. The van der Waals surface area contributed by atoms with Crippen molar-refractivity contribution in [2.24, 2.45) is 0 Å². The van der Waals surface area contributed by atoms with E-state index in [1.54, 1.807) is 0 Å². The maximum Gasteiger partial charge on any atom is 0.416 e. The number of halogens is 3. The van der Waals surface area contributed by atoms with Crippen LogP contribution >= 0.6 is 0 Å². The lowest BCUT2D eigenvalue weighted by Gasteiger charge is -2.12. The summed E-state index contributed by atoms with van der Waals surface area (Å²) in [5.41, 5.74) is -1.26. The van der Waals surface area contributed by atoms with Crippen molar-refractivity contribution in [2.45, 2.75) is 11.1 Å². The Morgan fingerprint density at radius 1 is 0.840 bits per heavy atom. The Bertz CT molecular complexity index is 987. The second-order valence-electron chi connectivity index (χ2n) is 5.09. The van der Waals surface area contributed by atoms with E-state index in [-0.39, 0.29) is 16.3 Å². The minimum absolute atomic E-state index is 0.00872. The van der Waals surface area contributed by atoms with E-state index in [2.05, 4.69) is 4.72 Å². The van der Waals surface area contributed by atoms with Crippen molar-refractivity contribution in [2.75, 3.05) is 15.7 Å². The number of hydrogen-bond donors (Lipinski definition) is 2. The summed E-state index contributed by atoms with van der Waals surface area (Å²) in [7, 11) is -7.82. The maximum atomic E-state index is 12.7. The molecule has 0 aliphatic carbocycles. The second kappa shape index (κ2) is 6.56. The standard InChI is InChI=1S/C14H13F3N2O4S2/c1-24(20,21)18-12-6-3-7-13(9-12)25(22,23)19-11-5-2-4-10(8-11)14(15,16)17/h2-9,18-19H,1H3. The molecule has 0 atom stereocenters. The van der Waals surface area contributed by atoms with Crippen LogP contribution in [0.4, 0.5) is 24.5 Å². The van der Waals surface area contributed by atoms with Gasteiger partial charge in [0.25, 0.3) is 10.0 Å². The Balaban J connectivity index is 2.33. The van der Waals surface area contributed by atoms with Crippen LogP contribution in [0, 0.1) is 0 Å². The molecule has 2 rings (SSSR count). The lowest BCUT2D eigenvalue weighted by molar-refractivity contribution is -0.137. The molecule has 2 N–H and O–H groups in total. The van der Waals surface area contributed by atoms with E-state index in [0.29, 0.717) is 6.07 Å². The number of anilines is 2. The molecule has 0 aromatic heterocycles. The summed E-state index contributed by atoms with van der Waals surface area (Å²) in [6.45, 7) is 0. The summed E-state index contributed by atoms with van der Waals surface area (Å²) in [5.74, 6) is 0. The minimum Gasteiger partial charge on any atom is -0.284 e. The van der Waals surface area contributed by atoms with Crippen molar-refractivity contribution in [1.82, 2.24) is 0 Å². The van der Waals surface area contributed by atoms with Crippen molar-refractivity contribution >= 4 is 31.4 Å². The fourth-order valence-corrected chi connectivity index (χ4v) is 3.56. The summed E-state index contributed by atoms with van der Waals surface area (Å²) in [5, 5.41) is 0. The second-order valence-corrected chi connectivity index (χ2v) is 8.52. The highest BCUT2D eigenvalue weighted by atomic mass is 32.2. The van der Waals surface area contributed by atoms with E-state index in [9.17, 15) is 30.0 Å². The highest BCUT2D eigenvalue weighted by molar-refractivity contribution is 7.93. The zero-order valence-corrected chi connectivity index (χ0v) is 14.3. The van der Waals surface area contributed by atoms with Gasteiger partial charge in [-0.05, 0) is 36.4 Å². The largest absolute Gasteiger partial charge is 0.416 e. The molecule has 0 aliphatic rings. The molecule has 0 bridgehead atoms. The summed E-state index contributed by atoms with van der Waals surface area (Å²) in [4.78, 5) is -0.307. The highest BCUT2D eigenvalue weighted by Gasteiger charge is 2.30. The fraction of sp³-hybridized carbons (Fsp3) is 0.143. The first kappa shape index (κ1) is 19.1. The molecule has 25 heavy (non-hydrogen) atoms. The average Bonchev–Trinajstić information content (AvgIpc) is 2.44. The van der Waals surface area contributed by atoms with Crippen molar-refractivity contribution in [3.05, 3.63) is 54.1 Å². The van der Waals surface area contributed by atoms with Crippen LogP contribution in [0.25, 0.3) is 0 Å². The third-order valence-corrected chi connectivity index (χ3v) is 4.88. The van der Waals surface area contributed by atoms with Gasteiger partial charge in [0.15, 0.2) is 0 Å². The van der Waals surface area contributed by atoms with Gasteiger partial charge in [0, 0.05) is 11.4 Å². The Morgan fingerprint density at radius 3 is 1.96 bits per heavy atom. The van der Waals surface area contributed by atoms with Crippen molar-refractivity contribution in [3.8, 4) is 0 Å². The van der Waals surface area contributed by atoms with E-state index in [0.717, 1.165) is 24.5 Å². The van der Waals surface area contributed by atoms with Gasteiger partial charge in [-0.3, -0.25) is 9.44 Å². The molecule has 0 saturated carbocycles. The molecular formula is C14H13F3N2O4S2. The predicted octanol–water partition coefficient (Wildman–Crippen LogP) is 2.88. The van der Waals surface area contributed by atoms with Crippen molar-refractivity contribution in [1.29, 1.82) is 0 Å². The first-order valence-corrected chi connectivity index (χ1v) is 10.0. The smallest absolute Gasteiger partial charge is 0.284 e. The van der Waals surface area contributed by atoms with E-state index >= 15 is 0 Å². The average molecular weight is 394 g/mol. The molecule has 0 fully saturated rings.